The van der Waals surface area contributed by atoms with E-state index in [0.29, 0.717) is 57.8 Å². The zero-order chi connectivity index (χ0) is 82.8. The second kappa shape index (κ2) is 35.0. The first-order valence-electron chi connectivity index (χ1n) is 40.4. The minimum atomic E-state index is -0.236. The van der Waals surface area contributed by atoms with E-state index < -0.39 is 0 Å². The molecule has 21 aromatic rings. The third-order valence-corrected chi connectivity index (χ3v) is 21.7. The summed E-state index contributed by atoms with van der Waals surface area (Å²) in [5.41, 5.74) is 21.3. The largest absolute Gasteiger partial charge is 0.208 e. The molecular formula is C111H72F3N9. The van der Waals surface area contributed by atoms with Crippen molar-refractivity contribution in [2.75, 3.05) is 0 Å². The van der Waals surface area contributed by atoms with Gasteiger partial charge in [0.15, 0.2) is 52.4 Å². The molecule has 582 valence electrons. The molecule has 9 nitrogen and oxygen atoms in total. The lowest BCUT2D eigenvalue weighted by atomic mass is 9.91. The van der Waals surface area contributed by atoms with E-state index in [-0.39, 0.29) is 17.5 Å². The standard InChI is InChI=1S/C43H28FN3.C37H24FN3.C31H20FN3/c44-36-25-23-30(24-26-36)29-15-17-31(18-16-29)37-27-28-38(40-14-8-7-13-39(37)40)32-19-21-35(22-20-32)43-46-41(33-9-3-1-4-10-33)45-42(47-43)34-11-5-2-6-12-34;38-30-21-19-26(20-22-30)32-24-23-31(33-13-7-8-14-34(32)33)25-15-17-29(18-16-25)37-40-35(27-9-3-1-4-10-27)39-36(41-37)28-11-5-2-6-12-28;32-28-20-19-25(26-13-7-8-14-27(26)28)21-15-17-24(18-16-21)31-34-29(22-9-3-1-4-10-22)33-30(35-31)23-11-5-2-6-12-23/h1-28H;1-24H;1-20H. The van der Waals surface area contributed by atoms with Crippen LogP contribution < -0.4 is 0 Å². The smallest absolute Gasteiger partial charge is 0.164 e. The van der Waals surface area contributed by atoms with Gasteiger partial charge in [-0.1, -0.05) is 406 Å². The lowest BCUT2D eigenvalue weighted by molar-refractivity contribution is 0.627. The van der Waals surface area contributed by atoms with Crippen molar-refractivity contribution in [1.29, 1.82) is 0 Å². The lowest BCUT2D eigenvalue weighted by Gasteiger charge is -2.13. The molecule has 0 aliphatic carbocycles. The minimum absolute atomic E-state index is 0.215. The van der Waals surface area contributed by atoms with Gasteiger partial charge >= 0.3 is 0 Å². The van der Waals surface area contributed by atoms with Crippen LogP contribution >= 0.6 is 0 Å². The van der Waals surface area contributed by atoms with Crippen LogP contribution in [0.3, 0.4) is 0 Å². The molecule has 18 aromatic carbocycles. The number of rotatable bonds is 15. The summed E-state index contributed by atoms with van der Waals surface area (Å²) in [6.45, 7) is 0. The summed E-state index contributed by atoms with van der Waals surface area (Å²) in [5.74, 6) is 5.01. The van der Waals surface area contributed by atoms with Crippen LogP contribution in [0.25, 0.3) is 202 Å². The highest BCUT2D eigenvalue weighted by Crippen LogP contribution is 2.41. The van der Waals surface area contributed by atoms with Crippen LogP contribution in [0.2, 0.25) is 0 Å². The maximum Gasteiger partial charge on any atom is 0.164 e. The third-order valence-electron chi connectivity index (χ3n) is 21.7. The molecule has 123 heavy (non-hydrogen) atoms. The van der Waals surface area contributed by atoms with Gasteiger partial charge in [0.05, 0.1) is 0 Å². The number of fused-ring (bicyclic) bond motifs is 3. The first kappa shape index (κ1) is 76.5. The molecule has 0 radical (unpaired) electrons. The maximum absolute atomic E-state index is 14.3. The van der Waals surface area contributed by atoms with E-state index in [9.17, 15) is 13.2 Å². The van der Waals surface area contributed by atoms with Crippen LogP contribution in [0.15, 0.2) is 437 Å². The molecule has 0 spiro atoms. The van der Waals surface area contributed by atoms with E-state index in [1.807, 2.05) is 267 Å². The fourth-order valence-corrected chi connectivity index (χ4v) is 15.4. The highest BCUT2D eigenvalue weighted by Gasteiger charge is 2.20. The summed E-state index contributed by atoms with van der Waals surface area (Å²) >= 11 is 0. The van der Waals surface area contributed by atoms with E-state index in [4.69, 9.17) is 44.9 Å². The molecule has 0 aliphatic rings. The lowest BCUT2D eigenvalue weighted by Crippen LogP contribution is -2.00. The number of nitrogens with zero attached hydrogens (tertiary/aromatic N) is 9. The normalized spacial score (nSPS) is 11.0. The Labute approximate surface area is 709 Å². The Morgan fingerprint density at radius 2 is 0.260 bits per heavy atom. The minimum Gasteiger partial charge on any atom is -0.208 e. The summed E-state index contributed by atoms with van der Waals surface area (Å²) in [4.78, 5) is 43.4. The van der Waals surface area contributed by atoms with Crippen LogP contribution in [0.1, 0.15) is 0 Å². The van der Waals surface area contributed by atoms with Gasteiger partial charge in [-0.05, 0) is 124 Å². The van der Waals surface area contributed by atoms with Gasteiger partial charge < -0.3 is 0 Å². The van der Waals surface area contributed by atoms with Gasteiger partial charge in [-0.15, -0.1) is 0 Å². The fraction of sp³-hybridized carbons (Fsp3) is 0. The number of aromatic nitrogens is 9. The average Bonchev–Trinajstić information content (AvgIpc) is 0.776. The van der Waals surface area contributed by atoms with E-state index in [0.717, 1.165) is 127 Å². The topological polar surface area (TPSA) is 116 Å². The van der Waals surface area contributed by atoms with Crippen molar-refractivity contribution in [2.24, 2.45) is 0 Å². The van der Waals surface area contributed by atoms with Crippen molar-refractivity contribution in [2.45, 2.75) is 0 Å². The maximum atomic E-state index is 14.3. The monoisotopic (exact) mass is 1590 g/mol. The highest BCUT2D eigenvalue weighted by molar-refractivity contribution is 6.07. The summed E-state index contributed by atoms with van der Waals surface area (Å²) < 4.78 is 41.3. The zero-order valence-corrected chi connectivity index (χ0v) is 66.2. The molecule has 0 bridgehead atoms. The van der Waals surface area contributed by atoms with Gasteiger partial charge in [-0.3, -0.25) is 0 Å². The summed E-state index contributed by atoms with van der Waals surface area (Å²) in [6.07, 6.45) is 0. The van der Waals surface area contributed by atoms with Gasteiger partial charge in [0, 0.05) is 55.5 Å². The van der Waals surface area contributed by atoms with Gasteiger partial charge in [-0.2, -0.15) is 0 Å². The number of halogens is 3. The molecule has 0 atom stereocenters. The molecule has 0 aliphatic heterocycles. The van der Waals surface area contributed by atoms with Crippen LogP contribution in [0, 0.1) is 17.5 Å². The highest BCUT2D eigenvalue weighted by atomic mass is 19.1. The molecule has 0 fully saturated rings. The van der Waals surface area contributed by atoms with E-state index in [2.05, 4.69) is 140 Å². The Hall–Kier alpha value is -16.4. The number of hydrogen-bond donors (Lipinski definition) is 0. The molecule has 21 rings (SSSR count). The quantitative estimate of drug-likeness (QED) is 0.0989. The SMILES string of the molecule is Fc1ccc(-c2ccc(-c3ccc(-c4ccc(-c5nc(-c6ccccc6)nc(-c6ccccc6)n5)cc4)c4ccccc34)cc2)cc1.Fc1ccc(-c2ccc(-c3ccc(-c4nc(-c5ccccc5)nc(-c5ccccc5)n4)cc3)c3ccccc23)cc1.Fc1ccc(-c2ccc(-c3nc(-c4ccccc4)nc(-c4ccccc4)n3)cc2)c2ccccc12. The molecule has 12 heteroatoms. The van der Waals surface area contributed by atoms with Crippen molar-refractivity contribution in [3.8, 4) is 169 Å². The first-order valence-corrected chi connectivity index (χ1v) is 40.4. The van der Waals surface area contributed by atoms with Crippen molar-refractivity contribution >= 4 is 32.3 Å². The summed E-state index contributed by atoms with van der Waals surface area (Å²) in [6, 6.07) is 143. The van der Waals surface area contributed by atoms with Gasteiger partial charge in [0.2, 0.25) is 0 Å². The molecule has 0 N–H and O–H groups in total. The number of hydrogen-bond acceptors (Lipinski definition) is 9. The Balaban J connectivity index is 0.000000123. The molecule has 0 saturated carbocycles. The third kappa shape index (κ3) is 16.8. The predicted octanol–water partition coefficient (Wildman–Crippen LogP) is 28.5. The van der Waals surface area contributed by atoms with Crippen molar-refractivity contribution < 1.29 is 13.2 Å². The van der Waals surface area contributed by atoms with Crippen molar-refractivity contribution in [1.82, 2.24) is 44.9 Å². The summed E-state index contributed by atoms with van der Waals surface area (Å²) in [5, 5.41) is 6.13. The molecule has 0 saturated heterocycles. The van der Waals surface area contributed by atoms with Gasteiger partial charge in [-0.25, -0.2) is 58.0 Å². The Bertz CT molecular complexity index is 7140. The zero-order valence-electron chi connectivity index (χ0n) is 66.2. The summed E-state index contributed by atoms with van der Waals surface area (Å²) in [7, 11) is 0. The van der Waals surface area contributed by atoms with E-state index in [1.54, 1.807) is 0 Å². The Kier molecular flexibility index (Phi) is 21.8. The van der Waals surface area contributed by atoms with Gasteiger partial charge in [0.25, 0.3) is 0 Å². The van der Waals surface area contributed by atoms with Gasteiger partial charge in [0.1, 0.15) is 17.5 Å². The molecule has 0 amide bonds. The second-order valence-corrected chi connectivity index (χ2v) is 29.5. The van der Waals surface area contributed by atoms with Crippen molar-refractivity contribution in [3.05, 3.63) is 454 Å². The molecule has 0 unspecified atom stereocenters. The average molecular weight is 1590 g/mol. The van der Waals surface area contributed by atoms with E-state index >= 15 is 0 Å². The van der Waals surface area contributed by atoms with E-state index in [1.165, 1.54) is 46.7 Å². The Morgan fingerprint density at radius 3 is 0.480 bits per heavy atom. The van der Waals surface area contributed by atoms with Crippen LogP contribution in [0.5, 0.6) is 0 Å². The van der Waals surface area contributed by atoms with Crippen LogP contribution in [-0.4, -0.2) is 44.9 Å². The predicted molar refractivity (Wildman–Crippen MR) is 493 cm³/mol. The fourth-order valence-electron chi connectivity index (χ4n) is 15.4. The number of benzene rings is 18. The van der Waals surface area contributed by atoms with Crippen LogP contribution in [-0.2, 0) is 0 Å². The Morgan fingerprint density at radius 1 is 0.114 bits per heavy atom. The molecule has 3 aromatic heterocycles. The first-order chi connectivity index (χ1) is 60.7. The van der Waals surface area contributed by atoms with Crippen molar-refractivity contribution in [3.63, 3.8) is 0 Å². The molecule has 3 heterocycles. The second-order valence-electron chi connectivity index (χ2n) is 29.5. The molecular weight excluding hydrogens is 1520 g/mol. The van der Waals surface area contributed by atoms with Crippen LogP contribution in [0.4, 0.5) is 13.2 Å².